The number of hydrogen-bond donors (Lipinski definition) is 1. The van der Waals surface area contributed by atoms with E-state index in [1.807, 2.05) is 24.3 Å². The van der Waals surface area contributed by atoms with Crippen LogP contribution in [0.25, 0.3) is 22.7 Å². The maximum Gasteiger partial charge on any atom is 0.312 e. The summed E-state index contributed by atoms with van der Waals surface area (Å²) in [5, 5.41) is 12.2. The zero-order valence-electron chi connectivity index (χ0n) is 16.4. The van der Waals surface area contributed by atoms with Gasteiger partial charge in [0.1, 0.15) is 11.2 Å². The molecule has 5 aromatic rings. The van der Waals surface area contributed by atoms with Crippen LogP contribution in [0, 0.1) is 0 Å². The molecule has 1 aromatic carbocycles. The van der Waals surface area contributed by atoms with Crippen molar-refractivity contribution in [3.63, 3.8) is 0 Å². The minimum absolute atomic E-state index is 0.124. The van der Waals surface area contributed by atoms with E-state index in [0.29, 0.717) is 41.3 Å². The highest BCUT2D eigenvalue weighted by atomic mass is 16.4. The van der Waals surface area contributed by atoms with Gasteiger partial charge < -0.3 is 18.7 Å². The number of H-pyrrole nitrogens is 1. The van der Waals surface area contributed by atoms with Crippen molar-refractivity contribution in [1.29, 1.82) is 0 Å². The number of oxazole rings is 1. The van der Waals surface area contributed by atoms with Crippen LogP contribution in [0.2, 0.25) is 0 Å². The van der Waals surface area contributed by atoms with Gasteiger partial charge in [-0.25, -0.2) is 9.97 Å². The van der Waals surface area contributed by atoms with Gasteiger partial charge in [-0.05, 0) is 18.2 Å². The normalized spacial score (nSPS) is 16.0. The Morgan fingerprint density at radius 1 is 1.19 bits per heavy atom. The minimum Gasteiger partial charge on any atom is -0.438 e. The first-order chi connectivity index (χ1) is 15.2. The second-order valence-electron chi connectivity index (χ2n) is 7.22. The molecule has 0 aliphatic carbocycles. The predicted octanol–water partition coefficient (Wildman–Crippen LogP) is 2.12. The standard InChI is InChI=1S/C20H16N8O3/c1-27-8-6-13(26-27)17-24-25-19(31-17)20(29)28-9-7-12-15(22-10-21-12)16(28)18-23-11-4-2-3-5-14(11)30-18/h2-6,8,10,16H,7,9H2,1H3,(H,21,22)/t16-/m0/s1. The Kier molecular flexibility index (Phi) is 3.75. The topological polar surface area (TPSA) is 132 Å². The summed E-state index contributed by atoms with van der Waals surface area (Å²) in [6.07, 6.45) is 3.98. The lowest BCUT2D eigenvalue weighted by Gasteiger charge is -2.31. The van der Waals surface area contributed by atoms with Crippen LogP contribution in [0.1, 0.15) is 34.0 Å². The molecule has 1 amide bonds. The van der Waals surface area contributed by atoms with E-state index in [2.05, 4.69) is 30.2 Å². The number of aromatic amines is 1. The van der Waals surface area contributed by atoms with Gasteiger partial charge in [0.25, 0.3) is 5.89 Å². The molecular weight excluding hydrogens is 400 g/mol. The van der Waals surface area contributed by atoms with E-state index in [1.165, 1.54) is 0 Å². The van der Waals surface area contributed by atoms with Gasteiger partial charge in [-0.15, -0.1) is 10.2 Å². The summed E-state index contributed by atoms with van der Waals surface area (Å²) in [6.45, 7) is 0.415. The van der Waals surface area contributed by atoms with E-state index in [9.17, 15) is 4.79 Å². The van der Waals surface area contributed by atoms with Crippen LogP contribution < -0.4 is 0 Å². The molecule has 11 heteroatoms. The average molecular weight is 416 g/mol. The van der Waals surface area contributed by atoms with Crippen molar-refractivity contribution in [2.75, 3.05) is 6.54 Å². The summed E-state index contributed by atoms with van der Waals surface area (Å²) in [5.41, 5.74) is 3.48. The van der Waals surface area contributed by atoms with Crippen LogP contribution in [-0.2, 0) is 13.5 Å². The number of benzene rings is 1. The summed E-state index contributed by atoms with van der Waals surface area (Å²) >= 11 is 0. The fourth-order valence-corrected chi connectivity index (χ4v) is 3.82. The molecule has 0 saturated carbocycles. The molecule has 1 atom stereocenters. The van der Waals surface area contributed by atoms with Gasteiger partial charge in [0.2, 0.25) is 5.89 Å². The highest BCUT2D eigenvalue weighted by Crippen LogP contribution is 2.35. The van der Waals surface area contributed by atoms with E-state index in [0.717, 1.165) is 5.69 Å². The van der Waals surface area contributed by atoms with Gasteiger partial charge in [-0.2, -0.15) is 5.10 Å². The molecule has 31 heavy (non-hydrogen) atoms. The van der Waals surface area contributed by atoms with Crippen molar-refractivity contribution < 1.29 is 13.6 Å². The largest absolute Gasteiger partial charge is 0.438 e. The Labute approximate surface area is 174 Å². The third kappa shape index (κ3) is 2.81. The van der Waals surface area contributed by atoms with Crippen LogP contribution in [0.15, 0.2) is 51.7 Å². The molecule has 0 bridgehead atoms. The monoisotopic (exact) mass is 416 g/mol. The SMILES string of the molecule is Cn1ccc(-c2nnc(C(=O)N3CCc4[nH]cnc4[C@H]3c3nc4ccccc4o3)o2)n1. The highest BCUT2D eigenvalue weighted by molar-refractivity contribution is 5.90. The molecule has 154 valence electrons. The fraction of sp³-hybridized carbons (Fsp3) is 0.200. The number of amides is 1. The zero-order chi connectivity index (χ0) is 20.9. The van der Waals surface area contributed by atoms with E-state index in [4.69, 9.17) is 8.83 Å². The number of fused-ring (bicyclic) bond motifs is 2. The maximum atomic E-state index is 13.4. The number of carbonyl (C=O) groups is 1. The number of aryl methyl sites for hydroxylation is 1. The minimum atomic E-state index is -0.611. The predicted molar refractivity (Wildman–Crippen MR) is 106 cm³/mol. The number of carbonyl (C=O) groups excluding carboxylic acids is 1. The highest BCUT2D eigenvalue weighted by Gasteiger charge is 2.39. The van der Waals surface area contributed by atoms with Crippen LogP contribution in [0.5, 0.6) is 0 Å². The number of imidazole rings is 1. The van der Waals surface area contributed by atoms with Crippen molar-refractivity contribution in [3.05, 3.63) is 66.0 Å². The van der Waals surface area contributed by atoms with Gasteiger partial charge in [-0.3, -0.25) is 9.48 Å². The molecule has 11 nitrogen and oxygen atoms in total. The summed E-state index contributed by atoms with van der Waals surface area (Å²) in [7, 11) is 1.78. The van der Waals surface area contributed by atoms with E-state index in [1.54, 1.807) is 35.2 Å². The summed E-state index contributed by atoms with van der Waals surface area (Å²) < 4.78 is 13.3. The van der Waals surface area contributed by atoms with Crippen LogP contribution in [0.3, 0.4) is 0 Å². The fourth-order valence-electron chi connectivity index (χ4n) is 3.82. The molecule has 0 fully saturated rings. The Bertz CT molecular complexity index is 1380. The van der Waals surface area contributed by atoms with Crippen molar-refractivity contribution in [2.45, 2.75) is 12.5 Å². The molecule has 0 radical (unpaired) electrons. The van der Waals surface area contributed by atoms with Crippen LogP contribution in [0.4, 0.5) is 0 Å². The molecule has 0 spiro atoms. The molecule has 5 heterocycles. The summed E-state index contributed by atoms with van der Waals surface area (Å²) in [5.74, 6) is 0.0169. The van der Waals surface area contributed by atoms with Gasteiger partial charge >= 0.3 is 11.8 Å². The molecule has 4 aromatic heterocycles. The third-order valence-electron chi connectivity index (χ3n) is 5.27. The molecule has 6 rings (SSSR count). The molecule has 0 saturated heterocycles. The van der Waals surface area contributed by atoms with Crippen molar-refractivity contribution >= 4 is 17.0 Å². The van der Waals surface area contributed by atoms with Gasteiger partial charge in [0.05, 0.1) is 12.0 Å². The average Bonchev–Trinajstić information content (AvgIpc) is 3.57. The van der Waals surface area contributed by atoms with E-state index < -0.39 is 11.9 Å². The van der Waals surface area contributed by atoms with Crippen LogP contribution >= 0.6 is 0 Å². The lowest BCUT2D eigenvalue weighted by atomic mass is 10.0. The molecular formula is C20H16N8O3. The summed E-state index contributed by atoms with van der Waals surface area (Å²) in [4.78, 5) is 27.2. The maximum absolute atomic E-state index is 13.4. The van der Waals surface area contributed by atoms with Crippen molar-refractivity contribution in [2.24, 2.45) is 7.05 Å². The van der Waals surface area contributed by atoms with Gasteiger partial charge in [0.15, 0.2) is 11.6 Å². The number of nitrogens with one attached hydrogen (secondary N) is 1. The number of aromatic nitrogens is 7. The van der Waals surface area contributed by atoms with Crippen molar-refractivity contribution in [1.82, 2.24) is 39.8 Å². The number of para-hydroxylation sites is 2. The first-order valence-electron chi connectivity index (χ1n) is 9.69. The molecule has 1 aliphatic heterocycles. The summed E-state index contributed by atoms with van der Waals surface area (Å²) in [6, 6.07) is 8.58. The quantitative estimate of drug-likeness (QED) is 0.473. The van der Waals surface area contributed by atoms with E-state index in [-0.39, 0.29) is 11.8 Å². The smallest absolute Gasteiger partial charge is 0.312 e. The third-order valence-corrected chi connectivity index (χ3v) is 5.27. The molecule has 0 unspecified atom stereocenters. The molecule has 1 aliphatic rings. The zero-order valence-corrected chi connectivity index (χ0v) is 16.4. The first kappa shape index (κ1) is 17.6. The first-order valence-corrected chi connectivity index (χ1v) is 9.69. The number of hydrogen-bond acceptors (Lipinski definition) is 8. The van der Waals surface area contributed by atoms with E-state index >= 15 is 0 Å². The second kappa shape index (κ2) is 6.62. The Balaban J connectivity index is 1.40. The lowest BCUT2D eigenvalue weighted by molar-refractivity contribution is 0.0627. The van der Waals surface area contributed by atoms with Crippen molar-refractivity contribution in [3.8, 4) is 11.6 Å². The van der Waals surface area contributed by atoms with Gasteiger partial charge in [-0.1, -0.05) is 12.1 Å². The number of rotatable bonds is 3. The lowest BCUT2D eigenvalue weighted by Crippen LogP contribution is -2.41. The Hall–Kier alpha value is -4.28. The van der Waals surface area contributed by atoms with Crippen LogP contribution in [-0.4, -0.2) is 52.3 Å². The number of nitrogens with zero attached hydrogens (tertiary/aromatic N) is 7. The Morgan fingerprint density at radius 3 is 2.94 bits per heavy atom. The van der Waals surface area contributed by atoms with Gasteiger partial charge in [0, 0.05) is 31.9 Å². The Morgan fingerprint density at radius 2 is 2.10 bits per heavy atom. The molecule has 1 N–H and O–H groups in total. The second-order valence-corrected chi connectivity index (χ2v) is 7.22.